The molecular formula is C28H50Cl6O2. The van der Waals surface area contributed by atoms with Crippen LogP contribution in [0.3, 0.4) is 0 Å². The molecule has 0 aromatic carbocycles. The van der Waals surface area contributed by atoms with Crippen LogP contribution in [0.2, 0.25) is 0 Å². The van der Waals surface area contributed by atoms with E-state index in [1.807, 2.05) is 0 Å². The van der Waals surface area contributed by atoms with Crippen molar-refractivity contribution in [1.29, 1.82) is 0 Å². The van der Waals surface area contributed by atoms with Gasteiger partial charge in [-0.05, 0) is 6.42 Å². The lowest BCUT2D eigenvalue weighted by Gasteiger charge is -2.37. The molecule has 1 N–H and O–H groups in total. The highest BCUT2D eigenvalue weighted by atomic mass is 35.5. The van der Waals surface area contributed by atoms with Gasteiger partial charge in [-0.25, -0.2) is 0 Å². The van der Waals surface area contributed by atoms with Crippen LogP contribution in [0.1, 0.15) is 135 Å². The van der Waals surface area contributed by atoms with Crippen molar-refractivity contribution in [3.8, 4) is 0 Å². The number of halogens is 6. The van der Waals surface area contributed by atoms with Gasteiger partial charge in [-0.2, -0.15) is 0 Å². The first-order chi connectivity index (χ1) is 17.2. The molecule has 2 nitrogen and oxygen atoms in total. The summed E-state index contributed by atoms with van der Waals surface area (Å²) in [5, 5.41) is 5.94. The average Bonchev–Trinajstić information content (AvgIpc) is 2.86. The van der Waals surface area contributed by atoms with Crippen LogP contribution in [-0.2, 0) is 4.79 Å². The molecule has 1 rings (SSSR count). The second-order valence-corrected chi connectivity index (χ2v) is 13.2. The Morgan fingerprint density at radius 1 is 0.444 bits per heavy atom. The lowest BCUT2D eigenvalue weighted by molar-refractivity contribution is -0.137. The molecule has 0 heterocycles. The van der Waals surface area contributed by atoms with Crippen LogP contribution < -0.4 is 0 Å². The van der Waals surface area contributed by atoms with E-state index in [0.29, 0.717) is 6.42 Å². The van der Waals surface area contributed by atoms with Crippen molar-refractivity contribution in [2.75, 3.05) is 0 Å². The predicted octanol–water partition coefficient (Wildman–Crippen LogP) is 11.5. The highest BCUT2D eigenvalue weighted by Crippen LogP contribution is 2.39. The average molecular weight is 631 g/mol. The molecule has 0 radical (unpaired) electrons. The van der Waals surface area contributed by atoms with Crippen molar-refractivity contribution in [2.24, 2.45) is 0 Å². The van der Waals surface area contributed by atoms with Crippen LogP contribution in [0.25, 0.3) is 0 Å². The molecule has 0 unspecified atom stereocenters. The second-order valence-electron chi connectivity index (χ2n) is 10.2. The van der Waals surface area contributed by atoms with Gasteiger partial charge < -0.3 is 5.11 Å². The molecule has 0 atom stereocenters. The van der Waals surface area contributed by atoms with E-state index in [9.17, 15) is 4.79 Å². The van der Waals surface area contributed by atoms with Gasteiger partial charge in [0, 0.05) is 6.42 Å². The zero-order valence-corrected chi connectivity index (χ0v) is 26.8. The van der Waals surface area contributed by atoms with E-state index >= 15 is 0 Å². The van der Waals surface area contributed by atoms with Crippen molar-refractivity contribution in [1.82, 2.24) is 0 Å². The third-order valence-corrected chi connectivity index (χ3v) is 10.9. The Morgan fingerprint density at radius 2 is 0.639 bits per heavy atom. The predicted molar refractivity (Wildman–Crippen MR) is 163 cm³/mol. The lowest BCUT2D eigenvalue weighted by Crippen LogP contribution is -2.52. The molecule has 0 aromatic rings. The lowest BCUT2D eigenvalue weighted by atomic mass is 9.97. The summed E-state index contributed by atoms with van der Waals surface area (Å²) in [6.07, 6.45) is 26.1. The normalized spacial score (nSPS) is 25.9. The van der Waals surface area contributed by atoms with Crippen molar-refractivity contribution in [3.05, 3.63) is 0 Å². The fraction of sp³-hybridized carbons (Fsp3) is 0.964. The molecule has 1 aliphatic rings. The number of hydrogen-bond acceptors (Lipinski definition) is 1. The summed E-state index contributed by atoms with van der Waals surface area (Å²) in [6, 6.07) is 0. The minimum absolute atomic E-state index is 0.346. The quantitative estimate of drug-likeness (QED) is 0.107. The molecule has 1 aliphatic carbocycles. The minimum Gasteiger partial charge on any atom is -0.481 e. The van der Waals surface area contributed by atoms with Crippen molar-refractivity contribution < 1.29 is 9.90 Å². The molecule has 8 heteroatoms. The van der Waals surface area contributed by atoms with Gasteiger partial charge in [-0.3, -0.25) is 4.79 Å². The third kappa shape index (κ3) is 19.3. The van der Waals surface area contributed by atoms with Crippen LogP contribution >= 0.6 is 69.6 Å². The Bertz CT molecular complexity index is 452. The smallest absolute Gasteiger partial charge is 0.303 e. The first-order valence-corrected chi connectivity index (χ1v) is 16.9. The summed E-state index contributed by atoms with van der Waals surface area (Å²) >= 11 is 35.3. The summed E-state index contributed by atoms with van der Waals surface area (Å²) in [5.41, 5.74) is 0. The van der Waals surface area contributed by atoms with E-state index in [4.69, 9.17) is 74.7 Å². The van der Waals surface area contributed by atoms with E-state index in [1.165, 1.54) is 109 Å². The fourth-order valence-electron chi connectivity index (χ4n) is 4.41. The highest BCUT2D eigenvalue weighted by Gasteiger charge is 2.46. The number of hydrogen-bond donors (Lipinski definition) is 1. The minimum atomic E-state index is -0.651. The van der Waals surface area contributed by atoms with E-state index in [2.05, 4.69) is 6.92 Å². The Morgan fingerprint density at radius 3 is 0.833 bits per heavy atom. The van der Waals surface area contributed by atoms with Crippen LogP contribution in [0.15, 0.2) is 0 Å². The zero-order chi connectivity index (χ0) is 27.2. The van der Waals surface area contributed by atoms with Gasteiger partial charge in [0.15, 0.2) is 0 Å². The number of carboxylic acid groups (broad SMARTS) is 1. The third-order valence-electron chi connectivity index (χ3n) is 6.82. The first-order valence-electron chi connectivity index (χ1n) is 14.3. The molecule has 0 aromatic heterocycles. The SMILES string of the molecule is CCCCCCCCCCCCCCCCCCCCCC(=O)O.ClC1C(Cl)C(Cl)C(Cl)C(Cl)C1Cl. The van der Waals surface area contributed by atoms with E-state index in [1.54, 1.807) is 0 Å². The number of unbranched alkanes of at least 4 members (excludes halogenated alkanes) is 18. The molecule has 1 fully saturated rings. The van der Waals surface area contributed by atoms with E-state index in [0.717, 1.165) is 12.8 Å². The Balaban J connectivity index is 0.000000846. The van der Waals surface area contributed by atoms with Gasteiger partial charge in [0.05, 0.1) is 32.3 Å². The molecule has 1 saturated carbocycles. The van der Waals surface area contributed by atoms with Crippen LogP contribution in [0, 0.1) is 0 Å². The van der Waals surface area contributed by atoms with Crippen molar-refractivity contribution in [2.45, 2.75) is 168 Å². The molecule has 0 aliphatic heterocycles. The number of carboxylic acids is 1. The molecule has 0 bridgehead atoms. The molecule has 0 amide bonds. The van der Waals surface area contributed by atoms with Gasteiger partial charge in [0.2, 0.25) is 0 Å². The van der Waals surface area contributed by atoms with Crippen molar-refractivity contribution >= 4 is 75.6 Å². The monoisotopic (exact) mass is 628 g/mol. The Labute approximate surface area is 251 Å². The fourth-order valence-corrected chi connectivity index (χ4v) is 6.74. The zero-order valence-electron chi connectivity index (χ0n) is 22.2. The molecule has 36 heavy (non-hydrogen) atoms. The van der Waals surface area contributed by atoms with E-state index < -0.39 is 38.2 Å². The van der Waals surface area contributed by atoms with E-state index in [-0.39, 0.29) is 0 Å². The number of carbonyl (C=O) groups is 1. The summed E-state index contributed by atoms with van der Waals surface area (Å²) in [6.45, 7) is 2.28. The topological polar surface area (TPSA) is 37.3 Å². The summed E-state index contributed by atoms with van der Waals surface area (Å²) in [7, 11) is 0. The maximum absolute atomic E-state index is 10.4. The number of alkyl halides is 6. The standard InChI is InChI=1S/C22H44O2.C6H6Cl6/c1-2-3-4-5-6-7-8-9-10-11-12-13-14-15-16-17-18-19-20-21-22(23)24;7-1-2(8)4(10)6(12)5(11)3(1)9/h2-21H2,1H3,(H,23,24);1-6H. The van der Waals surface area contributed by atoms with Crippen LogP contribution in [0.5, 0.6) is 0 Å². The molecular weight excluding hydrogens is 581 g/mol. The Kier molecular flexibility index (Phi) is 26.0. The maximum Gasteiger partial charge on any atom is 0.303 e. The van der Waals surface area contributed by atoms with Gasteiger partial charge in [0.25, 0.3) is 0 Å². The number of aliphatic carboxylic acids is 1. The van der Waals surface area contributed by atoms with Gasteiger partial charge in [-0.15, -0.1) is 69.6 Å². The summed E-state index contributed by atoms with van der Waals surface area (Å²) in [5.74, 6) is -0.651. The van der Waals surface area contributed by atoms with Crippen molar-refractivity contribution in [3.63, 3.8) is 0 Å². The largest absolute Gasteiger partial charge is 0.481 e. The summed E-state index contributed by atoms with van der Waals surface area (Å²) in [4.78, 5) is 10.4. The van der Waals surface area contributed by atoms with Gasteiger partial charge in [-0.1, -0.05) is 122 Å². The molecule has 0 spiro atoms. The van der Waals surface area contributed by atoms with Gasteiger partial charge in [0.1, 0.15) is 0 Å². The highest BCUT2D eigenvalue weighted by molar-refractivity contribution is 6.45. The summed E-state index contributed by atoms with van der Waals surface area (Å²) < 4.78 is 0. The van der Waals surface area contributed by atoms with Crippen LogP contribution in [-0.4, -0.2) is 43.3 Å². The molecule has 0 saturated heterocycles. The van der Waals surface area contributed by atoms with Gasteiger partial charge >= 0.3 is 5.97 Å². The first kappa shape index (κ1) is 37.2. The van der Waals surface area contributed by atoms with Crippen LogP contribution in [0.4, 0.5) is 0 Å². The second kappa shape index (κ2) is 25.2. The Hall–Kier alpha value is 1.21. The number of rotatable bonds is 20. The maximum atomic E-state index is 10.4. The molecule has 216 valence electrons.